The highest BCUT2D eigenvalue weighted by atomic mass is 16.5. The third-order valence-electron chi connectivity index (χ3n) is 3.35. The zero-order valence-corrected chi connectivity index (χ0v) is 12.9. The van der Waals surface area contributed by atoms with Crippen LogP contribution in [0.3, 0.4) is 0 Å². The van der Waals surface area contributed by atoms with Crippen LogP contribution in [0.25, 0.3) is 0 Å². The normalized spacial score (nSPS) is 10.2. The summed E-state index contributed by atoms with van der Waals surface area (Å²) in [6.45, 7) is 0.474. The number of aromatic nitrogens is 2. The third kappa shape index (κ3) is 4.03. The topological polar surface area (TPSA) is 92.6 Å². The summed E-state index contributed by atoms with van der Waals surface area (Å²) in [6, 6.07) is 7.61. The van der Waals surface area contributed by atoms with Gasteiger partial charge in [-0.1, -0.05) is 18.2 Å². The van der Waals surface area contributed by atoms with E-state index in [9.17, 15) is 9.59 Å². The van der Waals surface area contributed by atoms with E-state index in [2.05, 4.69) is 9.97 Å². The van der Waals surface area contributed by atoms with Crippen molar-refractivity contribution in [3.05, 3.63) is 53.6 Å². The van der Waals surface area contributed by atoms with Crippen LogP contribution in [0.1, 0.15) is 26.5 Å². The lowest BCUT2D eigenvalue weighted by molar-refractivity contribution is 0.0687. The molecule has 0 radical (unpaired) electrons. The van der Waals surface area contributed by atoms with Crippen LogP contribution in [0, 0.1) is 0 Å². The van der Waals surface area contributed by atoms with Gasteiger partial charge in [0.25, 0.3) is 5.91 Å². The number of methoxy groups -OCH3 is 1. The van der Waals surface area contributed by atoms with Crippen molar-refractivity contribution in [3.63, 3.8) is 0 Å². The number of carboxylic acid groups (broad SMARTS) is 1. The Hall–Kier alpha value is -2.96. The molecule has 2 aromatic rings. The van der Waals surface area contributed by atoms with E-state index >= 15 is 0 Å². The molecule has 0 aliphatic heterocycles. The highest BCUT2D eigenvalue weighted by molar-refractivity contribution is 5.92. The van der Waals surface area contributed by atoms with Crippen LogP contribution < -0.4 is 4.74 Å². The summed E-state index contributed by atoms with van der Waals surface area (Å²) in [5.74, 6) is -0.718. The molecule has 1 aromatic carbocycles. The summed E-state index contributed by atoms with van der Waals surface area (Å²) < 4.78 is 5.28. The van der Waals surface area contributed by atoms with Crippen molar-refractivity contribution >= 4 is 11.9 Å². The van der Waals surface area contributed by atoms with Crippen molar-refractivity contribution in [2.24, 2.45) is 0 Å². The van der Waals surface area contributed by atoms with Crippen LogP contribution in [0.5, 0.6) is 5.75 Å². The fourth-order valence-electron chi connectivity index (χ4n) is 2.04. The number of hydrogen-bond acceptors (Lipinski definition) is 5. The van der Waals surface area contributed by atoms with Gasteiger partial charge in [-0.15, -0.1) is 0 Å². The van der Waals surface area contributed by atoms with Crippen molar-refractivity contribution in [1.29, 1.82) is 0 Å². The van der Waals surface area contributed by atoms with E-state index < -0.39 is 5.97 Å². The van der Waals surface area contributed by atoms with Gasteiger partial charge in [0.2, 0.25) is 0 Å². The molecule has 0 spiro atoms. The van der Waals surface area contributed by atoms with Crippen molar-refractivity contribution in [2.75, 3.05) is 20.7 Å². The van der Waals surface area contributed by atoms with Gasteiger partial charge in [0.15, 0.2) is 5.69 Å². The number of aromatic carboxylic acids is 1. The van der Waals surface area contributed by atoms with Crippen LogP contribution >= 0.6 is 0 Å². The van der Waals surface area contributed by atoms with Gasteiger partial charge in [-0.2, -0.15) is 0 Å². The largest absolute Gasteiger partial charge is 0.496 e. The highest BCUT2D eigenvalue weighted by Crippen LogP contribution is 2.18. The second-order valence-electron chi connectivity index (χ2n) is 4.88. The maximum atomic E-state index is 12.2. The predicted molar refractivity (Wildman–Crippen MR) is 82.6 cm³/mol. The molecule has 0 aliphatic carbocycles. The number of carbonyl (C=O) groups is 2. The molecular weight excluding hydrogens is 298 g/mol. The Morgan fingerprint density at radius 3 is 2.43 bits per heavy atom. The number of amides is 1. The smallest absolute Gasteiger partial charge is 0.356 e. The van der Waals surface area contributed by atoms with E-state index in [1.54, 1.807) is 14.2 Å². The van der Waals surface area contributed by atoms with E-state index in [1.165, 1.54) is 11.1 Å². The minimum Gasteiger partial charge on any atom is -0.496 e. The molecule has 7 nitrogen and oxygen atoms in total. The van der Waals surface area contributed by atoms with E-state index in [4.69, 9.17) is 9.84 Å². The number of ether oxygens (including phenoxy) is 1. The molecule has 7 heteroatoms. The van der Waals surface area contributed by atoms with Crippen molar-refractivity contribution in [2.45, 2.75) is 6.42 Å². The lowest BCUT2D eigenvalue weighted by Gasteiger charge is -2.17. The van der Waals surface area contributed by atoms with Crippen LogP contribution in [0.15, 0.2) is 36.7 Å². The molecule has 23 heavy (non-hydrogen) atoms. The zero-order valence-electron chi connectivity index (χ0n) is 12.9. The van der Waals surface area contributed by atoms with Gasteiger partial charge in [-0.25, -0.2) is 14.8 Å². The zero-order chi connectivity index (χ0) is 16.8. The van der Waals surface area contributed by atoms with Gasteiger partial charge < -0.3 is 14.7 Å². The lowest BCUT2D eigenvalue weighted by Crippen LogP contribution is -2.29. The maximum Gasteiger partial charge on any atom is 0.356 e. The first-order chi connectivity index (χ1) is 11.0. The molecule has 0 unspecified atom stereocenters. The second-order valence-corrected chi connectivity index (χ2v) is 4.88. The Bertz CT molecular complexity index is 701. The Morgan fingerprint density at radius 1 is 1.17 bits per heavy atom. The number of benzene rings is 1. The Morgan fingerprint density at radius 2 is 1.83 bits per heavy atom. The minimum atomic E-state index is -1.18. The minimum absolute atomic E-state index is 0.109. The standard InChI is InChI=1S/C16H17N3O4/c1-19(8-7-11-5-3-4-6-14(11)23-2)15(20)12-9-18-13(10-17-12)16(21)22/h3-6,9-10H,7-8H2,1-2H3,(H,21,22). The summed E-state index contributed by atoms with van der Waals surface area (Å²) in [5, 5.41) is 8.77. The Kier molecular flexibility index (Phi) is 5.24. The molecule has 0 fully saturated rings. The summed E-state index contributed by atoms with van der Waals surface area (Å²) in [4.78, 5) is 32.0. The van der Waals surface area contributed by atoms with Crippen molar-refractivity contribution < 1.29 is 19.4 Å². The van der Waals surface area contributed by atoms with E-state index in [-0.39, 0.29) is 17.3 Å². The van der Waals surface area contributed by atoms with E-state index in [0.29, 0.717) is 13.0 Å². The molecule has 1 amide bonds. The van der Waals surface area contributed by atoms with Gasteiger partial charge in [-0.3, -0.25) is 4.79 Å². The molecule has 1 heterocycles. The molecular formula is C16H17N3O4. The molecule has 0 saturated carbocycles. The van der Waals surface area contributed by atoms with Crippen LogP contribution in [-0.2, 0) is 6.42 Å². The summed E-state index contributed by atoms with van der Waals surface area (Å²) in [6.07, 6.45) is 2.88. The van der Waals surface area contributed by atoms with Gasteiger partial charge >= 0.3 is 5.97 Å². The number of likely N-dealkylation sites (N-methyl/N-ethyl adjacent to an activating group) is 1. The Labute approximate surface area is 133 Å². The van der Waals surface area contributed by atoms with Gasteiger partial charge in [0, 0.05) is 13.6 Å². The fourth-order valence-corrected chi connectivity index (χ4v) is 2.04. The molecule has 0 bridgehead atoms. The number of nitrogens with zero attached hydrogens (tertiary/aromatic N) is 3. The molecule has 120 valence electrons. The van der Waals surface area contributed by atoms with Gasteiger partial charge in [0.05, 0.1) is 19.5 Å². The average molecular weight is 315 g/mol. The van der Waals surface area contributed by atoms with E-state index in [0.717, 1.165) is 17.5 Å². The van der Waals surface area contributed by atoms with Crippen molar-refractivity contribution in [3.8, 4) is 5.75 Å². The maximum absolute atomic E-state index is 12.2. The van der Waals surface area contributed by atoms with Crippen molar-refractivity contribution in [1.82, 2.24) is 14.9 Å². The lowest BCUT2D eigenvalue weighted by atomic mass is 10.1. The summed E-state index contributed by atoms with van der Waals surface area (Å²) in [7, 11) is 3.26. The first kappa shape index (κ1) is 16.4. The highest BCUT2D eigenvalue weighted by Gasteiger charge is 2.15. The fraction of sp³-hybridized carbons (Fsp3) is 0.250. The van der Waals surface area contributed by atoms with Crippen LogP contribution in [-0.4, -0.2) is 52.6 Å². The molecule has 2 rings (SSSR count). The third-order valence-corrected chi connectivity index (χ3v) is 3.35. The monoisotopic (exact) mass is 315 g/mol. The van der Waals surface area contributed by atoms with Gasteiger partial charge in [0.1, 0.15) is 11.4 Å². The molecule has 1 aromatic heterocycles. The summed E-state index contributed by atoms with van der Waals surface area (Å²) in [5.41, 5.74) is 0.915. The van der Waals surface area contributed by atoms with Gasteiger partial charge in [-0.05, 0) is 18.1 Å². The number of carboxylic acids is 1. The average Bonchev–Trinajstić information content (AvgIpc) is 2.59. The van der Waals surface area contributed by atoms with Crippen LogP contribution in [0.2, 0.25) is 0 Å². The molecule has 1 N–H and O–H groups in total. The number of para-hydroxylation sites is 1. The van der Waals surface area contributed by atoms with Crippen LogP contribution in [0.4, 0.5) is 0 Å². The van der Waals surface area contributed by atoms with E-state index in [1.807, 2.05) is 24.3 Å². The number of carbonyl (C=O) groups excluding carboxylic acids is 1. The quantitative estimate of drug-likeness (QED) is 0.868. The summed E-state index contributed by atoms with van der Waals surface area (Å²) >= 11 is 0. The first-order valence-corrected chi connectivity index (χ1v) is 6.95. The Balaban J connectivity index is 2.01. The second kappa shape index (κ2) is 7.35. The SMILES string of the molecule is COc1ccccc1CCN(C)C(=O)c1cnc(C(=O)O)cn1. The molecule has 0 saturated heterocycles. The molecule has 0 atom stereocenters. The first-order valence-electron chi connectivity index (χ1n) is 6.95. The number of rotatable bonds is 6. The number of hydrogen-bond donors (Lipinski definition) is 1. The molecule has 0 aliphatic rings. The predicted octanol–water partition coefficient (Wildman–Crippen LogP) is 1.50.